The molecule has 3 N–H and O–H groups in total. The highest BCUT2D eigenvalue weighted by Crippen LogP contribution is 2.22. The van der Waals surface area contributed by atoms with Crippen LogP contribution in [0.5, 0.6) is 5.75 Å². The Morgan fingerprint density at radius 3 is 1.89 bits per heavy atom. The number of Topliss-reactive ketones (excluding diaryl/α,β-unsaturated/α-hetero) is 1. The van der Waals surface area contributed by atoms with E-state index in [0.29, 0.717) is 31.1 Å². The van der Waals surface area contributed by atoms with Crippen LogP contribution < -0.4 is 10.6 Å². The summed E-state index contributed by atoms with van der Waals surface area (Å²) in [7, 11) is 1.87. The molecule has 2 aromatic carbocycles. The number of nitrogens with one attached hydrogen (secondary N) is 2. The summed E-state index contributed by atoms with van der Waals surface area (Å²) in [4.78, 5) is 35.6. The molecule has 0 aromatic heterocycles. The van der Waals surface area contributed by atoms with Crippen LogP contribution >= 0.6 is 0 Å². The Balaban J connectivity index is 0.000000836. The summed E-state index contributed by atoms with van der Waals surface area (Å²) >= 11 is 0. The predicted octanol–water partition coefficient (Wildman–Crippen LogP) is 6.72. The van der Waals surface area contributed by atoms with Gasteiger partial charge >= 0.3 is 6.03 Å². The Bertz CT molecular complexity index is 1100. The van der Waals surface area contributed by atoms with Gasteiger partial charge < -0.3 is 20.6 Å². The van der Waals surface area contributed by atoms with E-state index in [4.69, 9.17) is 0 Å². The first-order valence-electron chi connectivity index (χ1n) is 15.8. The molecule has 0 unspecified atom stereocenters. The molecule has 246 valence electrons. The van der Waals surface area contributed by atoms with Gasteiger partial charge in [0, 0.05) is 25.7 Å². The second-order valence-electron chi connectivity index (χ2n) is 11.0. The molecule has 1 fully saturated rings. The molecule has 1 aliphatic heterocycles. The molecule has 0 spiro atoms. The number of hydrazone groups is 1. The number of hydrogen-bond donors (Lipinski definition) is 3. The molecule has 1 saturated heterocycles. The number of benzene rings is 2. The van der Waals surface area contributed by atoms with Crippen molar-refractivity contribution < 1.29 is 19.5 Å². The second kappa shape index (κ2) is 23.6. The van der Waals surface area contributed by atoms with E-state index in [1.165, 1.54) is 38.2 Å². The van der Waals surface area contributed by atoms with Crippen molar-refractivity contribution in [3.05, 3.63) is 64.7 Å². The quantitative estimate of drug-likeness (QED) is 0.133. The number of likely N-dealkylation sites (tertiary alicyclic amines) is 1. The van der Waals surface area contributed by atoms with Crippen molar-refractivity contribution in [1.29, 1.82) is 0 Å². The van der Waals surface area contributed by atoms with Crippen LogP contribution in [0.1, 0.15) is 95.4 Å². The average Bonchev–Trinajstić information content (AvgIpc) is 3.03. The van der Waals surface area contributed by atoms with E-state index in [-0.39, 0.29) is 24.4 Å². The zero-order chi connectivity index (χ0) is 33.5. The number of aryl methyl sites for hydroxylation is 3. The molecule has 3 rings (SSSR count). The van der Waals surface area contributed by atoms with Crippen LogP contribution in [-0.2, 0) is 9.59 Å². The van der Waals surface area contributed by atoms with Crippen molar-refractivity contribution in [2.24, 2.45) is 5.10 Å². The van der Waals surface area contributed by atoms with Gasteiger partial charge in [-0.15, -0.1) is 0 Å². The number of ketones is 1. The number of amidine groups is 1. The van der Waals surface area contributed by atoms with Gasteiger partial charge in [-0.1, -0.05) is 101 Å². The number of hydrogen-bond acceptors (Lipinski definition) is 6. The standard InChI is InChI=1S/C18H25N5O3.C9H12O.2C4H10/c1-14(25)12-19-18(26)23-10-8-16(9-11-23)22(2)21-17(20-13-24)15-6-4-3-5-7-15;1-6-4-7(2)9(10)8(3)5-6;2*1-3-4-2/h3-7,13,16H,8-12H2,1-2H3,(H,19,26)(H,20,21,24);4-5,10H,1-3H3;2*3-4H2,1-2H3. The topological polar surface area (TPSA) is 114 Å². The Kier molecular flexibility index (Phi) is 21.5. The van der Waals surface area contributed by atoms with E-state index in [2.05, 4.69) is 43.4 Å². The number of urea groups is 1. The molecule has 0 radical (unpaired) electrons. The maximum Gasteiger partial charge on any atom is 0.317 e. The fourth-order valence-corrected chi connectivity index (χ4v) is 3.99. The molecule has 3 amide bonds. The minimum atomic E-state index is -0.211. The molecule has 1 heterocycles. The smallest absolute Gasteiger partial charge is 0.317 e. The lowest BCUT2D eigenvalue weighted by Crippen LogP contribution is -2.49. The molecule has 0 bridgehead atoms. The van der Waals surface area contributed by atoms with Crippen LogP contribution in [0.4, 0.5) is 4.79 Å². The maximum absolute atomic E-state index is 12.0. The number of phenols is 1. The van der Waals surface area contributed by atoms with E-state index >= 15 is 0 Å². The van der Waals surface area contributed by atoms with Crippen LogP contribution in [0.3, 0.4) is 0 Å². The Labute approximate surface area is 266 Å². The van der Waals surface area contributed by atoms with E-state index in [0.717, 1.165) is 29.5 Å². The van der Waals surface area contributed by atoms with Crippen LogP contribution in [0, 0.1) is 20.8 Å². The summed E-state index contributed by atoms with van der Waals surface area (Å²) in [5.74, 6) is 0.841. The van der Waals surface area contributed by atoms with Crippen molar-refractivity contribution in [1.82, 2.24) is 20.5 Å². The van der Waals surface area contributed by atoms with Crippen molar-refractivity contribution in [3.63, 3.8) is 0 Å². The first-order valence-corrected chi connectivity index (χ1v) is 15.8. The Morgan fingerprint density at radius 2 is 1.45 bits per heavy atom. The lowest BCUT2D eigenvalue weighted by molar-refractivity contribution is -0.116. The van der Waals surface area contributed by atoms with Gasteiger partial charge in [0.05, 0.1) is 12.6 Å². The van der Waals surface area contributed by atoms with E-state index in [1.807, 2.05) is 75.3 Å². The number of rotatable bonds is 8. The third-order valence-electron chi connectivity index (χ3n) is 6.90. The van der Waals surface area contributed by atoms with Gasteiger partial charge in [-0.05, 0) is 51.7 Å². The number of phenolic OH excluding ortho intramolecular Hbond substituents is 1. The number of carbonyl (C=O) groups excluding carboxylic acids is 3. The summed E-state index contributed by atoms with van der Waals surface area (Å²) < 4.78 is 0. The largest absolute Gasteiger partial charge is 0.507 e. The van der Waals surface area contributed by atoms with Crippen molar-refractivity contribution in [3.8, 4) is 5.75 Å². The van der Waals surface area contributed by atoms with E-state index in [9.17, 15) is 19.5 Å². The highest BCUT2D eigenvalue weighted by Gasteiger charge is 2.25. The van der Waals surface area contributed by atoms with Crippen LogP contribution in [-0.4, -0.2) is 71.8 Å². The normalized spacial score (nSPS) is 12.7. The van der Waals surface area contributed by atoms with E-state index in [1.54, 1.807) is 4.90 Å². The summed E-state index contributed by atoms with van der Waals surface area (Å²) in [6, 6.07) is 13.3. The number of piperidine rings is 1. The molecular weight excluding hydrogens is 554 g/mol. The van der Waals surface area contributed by atoms with Crippen LogP contribution in [0.25, 0.3) is 0 Å². The van der Waals surface area contributed by atoms with Crippen molar-refractivity contribution in [2.75, 3.05) is 26.7 Å². The van der Waals surface area contributed by atoms with Gasteiger partial charge in [-0.25, -0.2) is 4.79 Å². The number of nitrogens with zero attached hydrogens (tertiary/aromatic N) is 3. The number of carbonyl (C=O) groups is 3. The summed E-state index contributed by atoms with van der Waals surface area (Å²) in [6.45, 7) is 17.3. The van der Waals surface area contributed by atoms with Gasteiger partial charge in [-0.2, -0.15) is 5.10 Å². The Morgan fingerprint density at radius 1 is 0.955 bits per heavy atom. The third kappa shape index (κ3) is 16.7. The molecule has 9 nitrogen and oxygen atoms in total. The molecule has 0 saturated carbocycles. The lowest BCUT2D eigenvalue weighted by atomic mass is 10.1. The predicted molar refractivity (Wildman–Crippen MR) is 182 cm³/mol. The number of unbranched alkanes of at least 4 members (excludes halogenated alkanes) is 2. The SMILES string of the molecule is CC(=O)CNC(=O)N1CCC(N(C)/N=C(\NC=O)c2ccccc2)CC1.CCCC.CCCC.Cc1cc(C)c(O)c(C)c1. The molecule has 1 aliphatic rings. The zero-order valence-corrected chi connectivity index (χ0v) is 28.6. The van der Waals surface area contributed by atoms with Gasteiger partial charge in [0.15, 0.2) is 5.84 Å². The van der Waals surface area contributed by atoms with Crippen LogP contribution in [0.2, 0.25) is 0 Å². The monoisotopic (exact) mass is 611 g/mol. The fourth-order valence-electron chi connectivity index (χ4n) is 3.99. The molecule has 2 aromatic rings. The lowest BCUT2D eigenvalue weighted by Gasteiger charge is -2.35. The first kappa shape index (κ1) is 40.1. The van der Waals surface area contributed by atoms with Gasteiger partial charge in [0.1, 0.15) is 11.5 Å². The molecular formula is C35H57N5O4. The second-order valence-corrected chi connectivity index (χ2v) is 11.0. The maximum atomic E-state index is 12.0. The fraction of sp³-hybridized carbons (Fsp3) is 0.543. The summed E-state index contributed by atoms with van der Waals surface area (Å²) in [5, 5.41) is 21.0. The Hall–Kier alpha value is -3.88. The molecule has 0 aliphatic carbocycles. The highest BCUT2D eigenvalue weighted by atomic mass is 16.3. The van der Waals surface area contributed by atoms with Gasteiger partial charge in [0.2, 0.25) is 6.41 Å². The minimum absolute atomic E-state index is 0.0563. The minimum Gasteiger partial charge on any atom is -0.507 e. The first-order chi connectivity index (χ1) is 20.9. The van der Waals surface area contributed by atoms with Crippen LogP contribution in [0.15, 0.2) is 47.6 Å². The molecule has 44 heavy (non-hydrogen) atoms. The summed E-state index contributed by atoms with van der Waals surface area (Å²) in [5.41, 5.74) is 3.94. The van der Waals surface area contributed by atoms with Crippen molar-refractivity contribution in [2.45, 2.75) is 100.0 Å². The third-order valence-corrected chi connectivity index (χ3v) is 6.90. The highest BCUT2D eigenvalue weighted by molar-refractivity contribution is 6.03. The van der Waals surface area contributed by atoms with E-state index < -0.39 is 0 Å². The molecule has 9 heteroatoms. The van der Waals surface area contributed by atoms with Gasteiger partial charge in [-0.3, -0.25) is 14.6 Å². The van der Waals surface area contributed by atoms with Gasteiger partial charge in [0.25, 0.3) is 0 Å². The summed E-state index contributed by atoms with van der Waals surface area (Å²) in [6.07, 6.45) is 7.41. The molecule has 0 atom stereocenters. The van der Waals surface area contributed by atoms with Crippen molar-refractivity contribution >= 4 is 24.1 Å². The zero-order valence-electron chi connectivity index (χ0n) is 28.6. The number of aromatic hydroxyl groups is 1. The average molecular weight is 612 g/mol. The number of amides is 3.